The van der Waals surface area contributed by atoms with Gasteiger partial charge in [-0.05, 0) is 31.9 Å². The molecule has 0 radical (unpaired) electrons. The van der Waals surface area contributed by atoms with E-state index in [-0.39, 0.29) is 18.1 Å². The number of carbonyl (C=O) groups is 1. The van der Waals surface area contributed by atoms with Gasteiger partial charge in [0.2, 0.25) is 0 Å². The first-order chi connectivity index (χ1) is 9.19. The third kappa shape index (κ3) is 4.01. The van der Waals surface area contributed by atoms with Gasteiger partial charge < -0.3 is 14.8 Å². The number of aromatic nitrogens is 1. The topological polar surface area (TPSA) is 60.5 Å². The molecule has 2 rings (SSSR count). The number of carbonyl (C=O) groups excluding carboxylic acids is 1. The minimum absolute atomic E-state index is 0.0872. The zero-order chi connectivity index (χ0) is 13.7. The molecule has 1 aliphatic heterocycles. The molecule has 0 bridgehead atoms. The fraction of sp³-hybridized carbons (Fsp3) is 0.571. The van der Waals surface area contributed by atoms with Crippen LogP contribution in [0.25, 0.3) is 0 Å². The molecular formula is C14H20N2O3. The zero-order valence-corrected chi connectivity index (χ0v) is 11.4. The van der Waals surface area contributed by atoms with Gasteiger partial charge in [-0.15, -0.1) is 0 Å². The van der Waals surface area contributed by atoms with Crippen LogP contribution in [-0.4, -0.2) is 36.8 Å². The number of ether oxygens (including phenoxy) is 2. The van der Waals surface area contributed by atoms with Crippen LogP contribution in [0.3, 0.4) is 0 Å². The van der Waals surface area contributed by atoms with Crippen LogP contribution < -0.4 is 5.32 Å². The maximum atomic E-state index is 11.9. The summed E-state index contributed by atoms with van der Waals surface area (Å²) in [7, 11) is 1.66. The van der Waals surface area contributed by atoms with E-state index in [0.29, 0.717) is 12.3 Å². The summed E-state index contributed by atoms with van der Waals surface area (Å²) in [5, 5.41) is 2.83. The monoisotopic (exact) mass is 264 g/mol. The van der Waals surface area contributed by atoms with Crippen LogP contribution in [-0.2, 0) is 20.7 Å². The van der Waals surface area contributed by atoms with Crippen molar-refractivity contribution in [3.05, 3.63) is 24.0 Å². The molecule has 0 spiro atoms. The highest BCUT2D eigenvalue weighted by Gasteiger charge is 2.28. The van der Waals surface area contributed by atoms with Crippen LogP contribution in [0, 0.1) is 0 Å². The third-order valence-corrected chi connectivity index (χ3v) is 3.18. The number of methoxy groups -OCH3 is 1. The molecule has 1 fully saturated rings. The van der Waals surface area contributed by atoms with Gasteiger partial charge in [-0.1, -0.05) is 0 Å². The highest BCUT2D eigenvalue weighted by atomic mass is 16.5. The molecule has 1 aromatic rings. The van der Waals surface area contributed by atoms with Crippen LogP contribution in [0.2, 0.25) is 0 Å². The predicted molar refractivity (Wildman–Crippen MR) is 72.0 cm³/mol. The first-order valence-corrected chi connectivity index (χ1v) is 6.59. The smallest absolute Gasteiger partial charge is 0.253 e. The molecule has 19 heavy (non-hydrogen) atoms. The molecule has 5 nitrogen and oxygen atoms in total. The summed E-state index contributed by atoms with van der Waals surface area (Å²) in [6, 6.07) is 3.75. The summed E-state index contributed by atoms with van der Waals surface area (Å²) in [6.45, 7) is 2.63. The molecule has 2 heterocycles. The lowest BCUT2D eigenvalue weighted by molar-refractivity contribution is -0.126. The number of rotatable bonds is 5. The molecule has 104 valence electrons. The van der Waals surface area contributed by atoms with E-state index in [2.05, 4.69) is 10.3 Å². The van der Waals surface area contributed by atoms with Crippen molar-refractivity contribution in [2.75, 3.05) is 19.0 Å². The third-order valence-electron chi connectivity index (χ3n) is 3.18. The van der Waals surface area contributed by atoms with E-state index in [1.807, 2.05) is 19.1 Å². The lowest BCUT2D eigenvalue weighted by Gasteiger charge is -2.11. The van der Waals surface area contributed by atoms with Crippen LogP contribution in [0.15, 0.2) is 18.3 Å². The second-order valence-corrected chi connectivity index (χ2v) is 4.78. The molecular weight excluding hydrogens is 244 g/mol. The standard InChI is InChI=1S/C14H20N2O3/c1-10-3-6-13(19-10)14(17)16-12-5-4-11(15-9-12)7-8-18-2/h4-5,9-10,13H,3,6-8H2,1-2H3,(H,16,17). The number of pyridine rings is 1. The highest BCUT2D eigenvalue weighted by Crippen LogP contribution is 2.20. The second-order valence-electron chi connectivity index (χ2n) is 4.78. The number of nitrogens with one attached hydrogen (secondary N) is 1. The second kappa shape index (κ2) is 6.63. The molecule has 2 unspecified atom stereocenters. The first kappa shape index (κ1) is 14.0. The largest absolute Gasteiger partial charge is 0.384 e. The van der Waals surface area contributed by atoms with Crippen molar-refractivity contribution in [2.45, 2.75) is 38.4 Å². The van der Waals surface area contributed by atoms with Crippen LogP contribution in [0.1, 0.15) is 25.5 Å². The van der Waals surface area contributed by atoms with Crippen molar-refractivity contribution in [3.8, 4) is 0 Å². The van der Waals surface area contributed by atoms with Crippen LogP contribution in [0.4, 0.5) is 5.69 Å². The fourth-order valence-corrected chi connectivity index (χ4v) is 2.07. The van der Waals surface area contributed by atoms with Gasteiger partial charge >= 0.3 is 0 Å². The van der Waals surface area contributed by atoms with Gasteiger partial charge in [0.15, 0.2) is 0 Å². The first-order valence-electron chi connectivity index (χ1n) is 6.59. The van der Waals surface area contributed by atoms with Crippen molar-refractivity contribution in [1.82, 2.24) is 4.98 Å². The van der Waals surface area contributed by atoms with Crippen molar-refractivity contribution in [1.29, 1.82) is 0 Å². The lowest BCUT2D eigenvalue weighted by Crippen LogP contribution is -2.27. The fourth-order valence-electron chi connectivity index (χ4n) is 2.07. The molecule has 1 aliphatic rings. The minimum Gasteiger partial charge on any atom is -0.384 e. The normalized spacial score (nSPS) is 22.4. The number of nitrogens with zero attached hydrogens (tertiary/aromatic N) is 1. The summed E-state index contributed by atoms with van der Waals surface area (Å²) in [5.41, 5.74) is 1.65. The molecule has 2 atom stereocenters. The summed E-state index contributed by atoms with van der Waals surface area (Å²) >= 11 is 0. The molecule has 0 aromatic carbocycles. The number of hydrogen-bond acceptors (Lipinski definition) is 4. The molecule has 1 amide bonds. The molecule has 5 heteroatoms. The Labute approximate surface area is 113 Å². The van der Waals surface area contributed by atoms with E-state index < -0.39 is 0 Å². The molecule has 1 saturated heterocycles. The maximum Gasteiger partial charge on any atom is 0.253 e. The van der Waals surface area contributed by atoms with Gasteiger partial charge in [-0.25, -0.2) is 0 Å². The van der Waals surface area contributed by atoms with E-state index in [1.165, 1.54) is 0 Å². The van der Waals surface area contributed by atoms with Crippen molar-refractivity contribution >= 4 is 11.6 Å². The Hall–Kier alpha value is -1.46. The van der Waals surface area contributed by atoms with E-state index in [0.717, 1.165) is 25.0 Å². The Morgan fingerprint density at radius 3 is 2.95 bits per heavy atom. The quantitative estimate of drug-likeness (QED) is 0.880. The van der Waals surface area contributed by atoms with Gasteiger partial charge in [0, 0.05) is 19.2 Å². The van der Waals surface area contributed by atoms with E-state index in [9.17, 15) is 4.79 Å². The molecule has 1 aromatic heterocycles. The van der Waals surface area contributed by atoms with E-state index in [1.54, 1.807) is 13.3 Å². The number of amides is 1. The van der Waals surface area contributed by atoms with E-state index in [4.69, 9.17) is 9.47 Å². The van der Waals surface area contributed by atoms with Gasteiger partial charge in [-0.3, -0.25) is 9.78 Å². The minimum atomic E-state index is -0.330. The number of hydrogen-bond donors (Lipinski definition) is 1. The number of anilines is 1. The Morgan fingerprint density at radius 1 is 1.53 bits per heavy atom. The molecule has 0 saturated carbocycles. The Kier molecular flexibility index (Phi) is 4.87. The summed E-state index contributed by atoms with van der Waals surface area (Å²) in [5.74, 6) is -0.0872. The van der Waals surface area contributed by atoms with Gasteiger partial charge in [0.05, 0.1) is 24.6 Å². The van der Waals surface area contributed by atoms with Gasteiger partial charge in [0.1, 0.15) is 6.10 Å². The van der Waals surface area contributed by atoms with Crippen molar-refractivity contribution in [3.63, 3.8) is 0 Å². The average Bonchev–Trinajstić information content (AvgIpc) is 2.85. The lowest BCUT2D eigenvalue weighted by atomic mass is 10.2. The molecule has 0 aliphatic carbocycles. The Bertz CT molecular complexity index is 419. The maximum absolute atomic E-state index is 11.9. The highest BCUT2D eigenvalue weighted by molar-refractivity contribution is 5.94. The summed E-state index contributed by atoms with van der Waals surface area (Å²) in [4.78, 5) is 16.2. The van der Waals surface area contributed by atoms with Crippen molar-refractivity contribution in [2.24, 2.45) is 0 Å². The van der Waals surface area contributed by atoms with Gasteiger partial charge in [-0.2, -0.15) is 0 Å². The van der Waals surface area contributed by atoms with Crippen molar-refractivity contribution < 1.29 is 14.3 Å². The Balaban J connectivity index is 1.87. The van der Waals surface area contributed by atoms with Crippen LogP contribution in [0.5, 0.6) is 0 Å². The Morgan fingerprint density at radius 2 is 2.37 bits per heavy atom. The summed E-state index contributed by atoms with van der Waals surface area (Å²) in [6.07, 6.45) is 4.00. The zero-order valence-electron chi connectivity index (χ0n) is 11.4. The van der Waals surface area contributed by atoms with Gasteiger partial charge in [0.25, 0.3) is 5.91 Å². The van der Waals surface area contributed by atoms with E-state index >= 15 is 0 Å². The predicted octanol–water partition coefficient (Wildman–Crippen LogP) is 1.78. The average molecular weight is 264 g/mol. The molecule has 1 N–H and O–H groups in total. The summed E-state index contributed by atoms with van der Waals surface area (Å²) < 4.78 is 10.5. The van der Waals surface area contributed by atoms with Crippen LogP contribution >= 0.6 is 0 Å². The SMILES string of the molecule is COCCc1ccc(NC(=O)C2CCC(C)O2)cn1.